The molecule has 0 aliphatic carbocycles. The van der Waals surface area contributed by atoms with Crippen molar-refractivity contribution < 1.29 is 19.1 Å². The van der Waals surface area contributed by atoms with E-state index in [9.17, 15) is 9.59 Å². The quantitative estimate of drug-likeness (QED) is 0.562. The van der Waals surface area contributed by atoms with Crippen LogP contribution in [0.4, 0.5) is 5.69 Å². The Balaban J connectivity index is 2.55. The van der Waals surface area contributed by atoms with Crippen molar-refractivity contribution in [2.24, 2.45) is 0 Å². The lowest BCUT2D eigenvalue weighted by atomic mass is 10.1. The summed E-state index contributed by atoms with van der Waals surface area (Å²) in [5.41, 5.74) is -0.386. The van der Waals surface area contributed by atoms with Gasteiger partial charge in [-0.1, -0.05) is 17.7 Å². The summed E-state index contributed by atoms with van der Waals surface area (Å²) in [4.78, 5) is 24.5. The Morgan fingerprint density at radius 2 is 2.24 bits per heavy atom. The zero-order valence-electron chi connectivity index (χ0n) is 9.27. The maximum atomic E-state index is 11.6. The Kier molecular flexibility index (Phi) is 2.93. The van der Waals surface area contributed by atoms with E-state index in [4.69, 9.17) is 16.3 Å². The number of alkyl halides is 1. The molecule has 6 heteroatoms. The highest BCUT2D eigenvalue weighted by molar-refractivity contribution is 6.32. The fourth-order valence-corrected chi connectivity index (χ4v) is 1.84. The van der Waals surface area contributed by atoms with Gasteiger partial charge >= 0.3 is 5.97 Å². The van der Waals surface area contributed by atoms with E-state index in [0.717, 1.165) is 0 Å². The van der Waals surface area contributed by atoms with E-state index in [1.165, 1.54) is 12.0 Å². The van der Waals surface area contributed by atoms with Crippen molar-refractivity contribution in [1.82, 2.24) is 0 Å². The first-order valence-electron chi connectivity index (χ1n) is 4.86. The molecule has 17 heavy (non-hydrogen) atoms. The molecule has 0 N–H and O–H groups in total. The number of rotatable bonds is 1. The second-order valence-electron chi connectivity index (χ2n) is 3.48. The molecule has 0 fully saturated rings. The molecule has 0 saturated heterocycles. The van der Waals surface area contributed by atoms with Gasteiger partial charge < -0.3 is 14.4 Å². The van der Waals surface area contributed by atoms with Crippen molar-refractivity contribution in [3.63, 3.8) is 0 Å². The van der Waals surface area contributed by atoms with E-state index < -0.39 is 11.5 Å². The lowest BCUT2D eigenvalue weighted by molar-refractivity contribution is -0.122. The molecule has 0 aromatic heterocycles. The summed E-state index contributed by atoms with van der Waals surface area (Å²) in [5.74, 6) is -0.643. The average molecular weight is 256 g/mol. The van der Waals surface area contributed by atoms with Gasteiger partial charge in [-0.25, -0.2) is 4.79 Å². The Labute approximate surface area is 103 Å². The number of hydrogen-bond acceptors (Lipinski definition) is 4. The largest absolute Gasteiger partial charge is 0.465 e. The lowest BCUT2D eigenvalue weighted by Gasteiger charge is -2.29. The molecule has 1 aromatic carbocycles. The predicted molar refractivity (Wildman–Crippen MR) is 61.5 cm³/mol. The zero-order valence-corrected chi connectivity index (χ0v) is 10.0. The molecule has 1 aromatic rings. The zero-order chi connectivity index (χ0) is 12.6. The highest BCUT2D eigenvalue weighted by Crippen LogP contribution is 2.37. The maximum Gasteiger partial charge on any atom is 0.341 e. The number of carbonyl (C=O) groups is 2. The SMILES string of the molecule is COC(=O)c1cccc2c1OC(Cl)C(=O)N2C. The molecule has 0 bridgehead atoms. The lowest BCUT2D eigenvalue weighted by Crippen LogP contribution is -2.41. The number of amides is 1. The van der Waals surface area contributed by atoms with Gasteiger partial charge in [0, 0.05) is 7.05 Å². The fourth-order valence-electron chi connectivity index (χ4n) is 1.61. The third-order valence-electron chi connectivity index (χ3n) is 2.51. The smallest absolute Gasteiger partial charge is 0.341 e. The van der Waals surface area contributed by atoms with Gasteiger partial charge in [0.1, 0.15) is 5.56 Å². The van der Waals surface area contributed by atoms with Crippen molar-refractivity contribution in [1.29, 1.82) is 0 Å². The maximum absolute atomic E-state index is 11.6. The van der Waals surface area contributed by atoms with Crippen LogP contribution in [-0.2, 0) is 9.53 Å². The first-order valence-corrected chi connectivity index (χ1v) is 5.29. The van der Waals surface area contributed by atoms with Crippen LogP contribution in [0.5, 0.6) is 5.75 Å². The predicted octanol–water partition coefficient (Wildman–Crippen LogP) is 1.39. The van der Waals surface area contributed by atoms with E-state index >= 15 is 0 Å². The monoisotopic (exact) mass is 255 g/mol. The number of halogens is 1. The van der Waals surface area contributed by atoms with Crippen LogP contribution < -0.4 is 9.64 Å². The number of nitrogens with zero attached hydrogens (tertiary/aromatic N) is 1. The topological polar surface area (TPSA) is 55.8 Å². The van der Waals surface area contributed by atoms with Gasteiger partial charge in [0.15, 0.2) is 5.75 Å². The van der Waals surface area contributed by atoms with Gasteiger partial charge in [-0.15, -0.1) is 0 Å². The summed E-state index contributed by atoms with van der Waals surface area (Å²) in [6.45, 7) is 0. The van der Waals surface area contributed by atoms with Crippen molar-refractivity contribution in [3.05, 3.63) is 23.8 Å². The van der Waals surface area contributed by atoms with Crippen molar-refractivity contribution in [2.75, 3.05) is 19.1 Å². The van der Waals surface area contributed by atoms with E-state index in [0.29, 0.717) is 5.69 Å². The molecule has 0 saturated carbocycles. The number of carbonyl (C=O) groups excluding carboxylic acids is 2. The van der Waals surface area contributed by atoms with Crippen LogP contribution in [0.2, 0.25) is 0 Å². The molecule has 1 aliphatic rings. The van der Waals surface area contributed by atoms with Gasteiger partial charge in [-0.05, 0) is 12.1 Å². The first-order chi connectivity index (χ1) is 8.06. The standard InChI is InChI=1S/C11H10ClNO4/c1-13-7-5-3-4-6(11(15)16-2)8(7)17-9(12)10(13)14/h3-5,9H,1-2H3. The number of anilines is 1. The Morgan fingerprint density at radius 1 is 1.53 bits per heavy atom. The average Bonchev–Trinajstić information content (AvgIpc) is 2.34. The number of esters is 1. The molecular formula is C11H10ClNO4. The summed E-state index contributed by atoms with van der Waals surface area (Å²) < 4.78 is 9.88. The molecular weight excluding hydrogens is 246 g/mol. The second kappa shape index (κ2) is 4.25. The fraction of sp³-hybridized carbons (Fsp3) is 0.273. The summed E-state index contributed by atoms with van der Waals surface area (Å²) in [5, 5.41) is 0. The van der Waals surface area contributed by atoms with Gasteiger partial charge in [0.05, 0.1) is 12.8 Å². The third-order valence-corrected chi connectivity index (χ3v) is 2.78. The van der Waals surface area contributed by atoms with E-state index in [-0.39, 0.29) is 17.2 Å². The van der Waals surface area contributed by atoms with Gasteiger partial charge in [0.25, 0.3) is 11.5 Å². The van der Waals surface area contributed by atoms with Crippen LogP contribution in [-0.4, -0.2) is 31.6 Å². The first kappa shape index (κ1) is 11.7. The van der Waals surface area contributed by atoms with Crippen LogP contribution >= 0.6 is 11.6 Å². The molecule has 5 nitrogen and oxygen atoms in total. The third kappa shape index (κ3) is 1.82. The van der Waals surface area contributed by atoms with Crippen LogP contribution in [0, 0.1) is 0 Å². The number of fused-ring (bicyclic) bond motifs is 1. The number of ether oxygens (including phenoxy) is 2. The number of para-hydroxylation sites is 1. The van der Waals surface area contributed by atoms with Crippen LogP contribution in [0.3, 0.4) is 0 Å². The molecule has 1 amide bonds. The van der Waals surface area contributed by atoms with E-state index in [2.05, 4.69) is 4.74 Å². The Hall–Kier alpha value is -1.75. The van der Waals surface area contributed by atoms with Gasteiger partial charge in [-0.2, -0.15) is 0 Å². The van der Waals surface area contributed by atoms with Gasteiger partial charge in [-0.3, -0.25) is 4.79 Å². The van der Waals surface area contributed by atoms with Gasteiger partial charge in [0.2, 0.25) is 0 Å². The molecule has 0 radical (unpaired) electrons. The van der Waals surface area contributed by atoms with Crippen LogP contribution in [0.1, 0.15) is 10.4 Å². The molecule has 0 spiro atoms. The molecule has 1 heterocycles. The van der Waals surface area contributed by atoms with Crippen molar-refractivity contribution >= 4 is 29.2 Å². The highest BCUT2D eigenvalue weighted by Gasteiger charge is 2.33. The number of benzene rings is 1. The minimum absolute atomic E-state index is 0.245. The summed E-state index contributed by atoms with van der Waals surface area (Å²) in [7, 11) is 2.84. The molecule has 2 rings (SSSR count). The Bertz CT molecular complexity index is 488. The minimum Gasteiger partial charge on any atom is -0.465 e. The van der Waals surface area contributed by atoms with Crippen molar-refractivity contribution in [2.45, 2.75) is 5.56 Å². The van der Waals surface area contributed by atoms with Crippen LogP contribution in [0.15, 0.2) is 18.2 Å². The summed E-state index contributed by atoms with van der Waals surface area (Å²) >= 11 is 5.74. The molecule has 1 unspecified atom stereocenters. The normalized spacial score (nSPS) is 18.4. The Morgan fingerprint density at radius 3 is 2.88 bits per heavy atom. The minimum atomic E-state index is -1.13. The second-order valence-corrected chi connectivity index (χ2v) is 3.87. The molecule has 1 aliphatic heterocycles. The van der Waals surface area contributed by atoms with Crippen molar-refractivity contribution in [3.8, 4) is 5.75 Å². The number of likely N-dealkylation sites (N-methyl/N-ethyl adjacent to an activating group) is 1. The summed E-state index contributed by atoms with van der Waals surface area (Å²) in [6, 6.07) is 4.87. The number of methoxy groups -OCH3 is 1. The molecule has 90 valence electrons. The summed E-state index contributed by atoms with van der Waals surface area (Å²) in [6.07, 6.45) is 0. The van der Waals surface area contributed by atoms with E-state index in [1.54, 1.807) is 25.2 Å². The molecule has 1 atom stereocenters. The number of hydrogen-bond donors (Lipinski definition) is 0. The highest BCUT2D eigenvalue weighted by atomic mass is 35.5. The van der Waals surface area contributed by atoms with Crippen LogP contribution in [0.25, 0.3) is 0 Å². The van der Waals surface area contributed by atoms with E-state index in [1.807, 2.05) is 0 Å².